The van der Waals surface area contributed by atoms with E-state index in [1.54, 1.807) is 14.2 Å². The lowest BCUT2D eigenvalue weighted by Gasteiger charge is -2.40. The average molecular weight is 651 g/mol. The Morgan fingerprint density at radius 2 is 1.79 bits per heavy atom. The number of amides is 1. The molecule has 2 aliphatic rings. The standard InChI is InChI=1S/C36H46N2O9/c1-42-17-5-15-37-16-20-46-33-14-9-26(21-30(33)37)24-47-34-23-38(36(40)41)22-31(39)35(34)27-10-12-29(13-11-27)45-19-6-18-44-25-28-7-3-4-8-32(28)43-2/h3-4,7-14,21,31,34-35,39H,5-6,15-20,22-25H2,1-2H3,(H,40,41)/t31-,34+,35+/m1/s1. The van der Waals surface area contributed by atoms with E-state index < -0.39 is 24.2 Å². The molecule has 0 saturated carbocycles. The Hall–Kier alpha value is -4.03. The molecule has 1 saturated heterocycles. The zero-order valence-electron chi connectivity index (χ0n) is 27.2. The third-order valence-corrected chi connectivity index (χ3v) is 8.53. The largest absolute Gasteiger partial charge is 0.496 e. The van der Waals surface area contributed by atoms with E-state index in [-0.39, 0.29) is 19.7 Å². The lowest BCUT2D eigenvalue weighted by Crippen LogP contribution is -2.53. The summed E-state index contributed by atoms with van der Waals surface area (Å²) in [5.41, 5.74) is 3.83. The van der Waals surface area contributed by atoms with Crippen LogP contribution in [0, 0.1) is 0 Å². The van der Waals surface area contributed by atoms with Crippen molar-refractivity contribution in [1.82, 2.24) is 4.90 Å². The molecule has 0 spiro atoms. The van der Waals surface area contributed by atoms with Crippen molar-refractivity contribution in [2.45, 2.75) is 44.2 Å². The summed E-state index contributed by atoms with van der Waals surface area (Å²) in [4.78, 5) is 15.4. The highest BCUT2D eigenvalue weighted by atomic mass is 16.5. The molecule has 0 bridgehead atoms. The van der Waals surface area contributed by atoms with Crippen molar-refractivity contribution in [3.05, 3.63) is 83.4 Å². The van der Waals surface area contributed by atoms with Crippen molar-refractivity contribution in [3.8, 4) is 17.2 Å². The number of likely N-dealkylation sites (tertiary alicyclic amines) is 1. The Bertz CT molecular complexity index is 1420. The number of hydrogen-bond acceptors (Lipinski definition) is 9. The number of fused-ring (bicyclic) bond motifs is 1. The number of rotatable bonds is 16. The maximum absolute atomic E-state index is 11.9. The van der Waals surface area contributed by atoms with Crippen LogP contribution in [0.4, 0.5) is 10.5 Å². The highest BCUT2D eigenvalue weighted by molar-refractivity contribution is 5.65. The van der Waals surface area contributed by atoms with Crippen molar-refractivity contribution >= 4 is 11.8 Å². The molecule has 2 heterocycles. The fourth-order valence-electron chi connectivity index (χ4n) is 6.13. The summed E-state index contributed by atoms with van der Waals surface area (Å²) in [5.74, 6) is 1.95. The fraction of sp³-hybridized carbons (Fsp3) is 0.472. The van der Waals surface area contributed by atoms with Crippen LogP contribution in [-0.2, 0) is 27.4 Å². The number of nitrogens with zero attached hydrogens (tertiary/aromatic N) is 2. The zero-order chi connectivity index (χ0) is 33.0. The number of methoxy groups -OCH3 is 2. The van der Waals surface area contributed by atoms with Crippen LogP contribution in [0.2, 0.25) is 0 Å². The summed E-state index contributed by atoms with van der Waals surface area (Å²) in [5, 5.41) is 20.9. The number of carbonyl (C=O) groups is 1. The molecule has 47 heavy (non-hydrogen) atoms. The van der Waals surface area contributed by atoms with Crippen molar-refractivity contribution in [3.63, 3.8) is 0 Å². The maximum atomic E-state index is 11.9. The SMILES string of the molecule is COCCCN1CCOc2ccc(CO[C@H]3CN(C(=O)O)C[C@@H](O)[C@@H]3c3ccc(OCCCOCc4ccccc4OC)cc3)cc21. The first kappa shape index (κ1) is 34.3. The predicted octanol–water partition coefficient (Wildman–Crippen LogP) is 4.94. The minimum absolute atomic E-state index is 0.0135. The quantitative estimate of drug-likeness (QED) is 0.206. The Morgan fingerprint density at radius 3 is 2.57 bits per heavy atom. The van der Waals surface area contributed by atoms with Gasteiger partial charge in [-0.2, -0.15) is 0 Å². The molecule has 3 aromatic rings. The summed E-state index contributed by atoms with van der Waals surface area (Å²) in [6.07, 6.45) is -0.924. The topological polar surface area (TPSA) is 119 Å². The normalized spacial score (nSPS) is 19.2. The molecule has 0 radical (unpaired) electrons. The van der Waals surface area contributed by atoms with Gasteiger partial charge in [-0.25, -0.2) is 4.79 Å². The first-order valence-electron chi connectivity index (χ1n) is 16.2. The number of benzene rings is 3. The van der Waals surface area contributed by atoms with E-state index in [4.69, 9.17) is 28.4 Å². The van der Waals surface area contributed by atoms with Gasteiger partial charge in [0.1, 0.15) is 23.9 Å². The number of hydrogen-bond donors (Lipinski definition) is 2. The lowest BCUT2D eigenvalue weighted by atomic mass is 9.84. The molecule has 1 amide bonds. The second-order valence-electron chi connectivity index (χ2n) is 11.7. The molecule has 0 unspecified atom stereocenters. The van der Waals surface area contributed by atoms with Crippen LogP contribution in [0.25, 0.3) is 0 Å². The Kier molecular flexibility index (Phi) is 12.6. The van der Waals surface area contributed by atoms with Gasteiger partial charge in [-0.1, -0.05) is 36.4 Å². The van der Waals surface area contributed by atoms with Gasteiger partial charge >= 0.3 is 6.09 Å². The number of piperidine rings is 1. The summed E-state index contributed by atoms with van der Waals surface area (Å²) >= 11 is 0. The van der Waals surface area contributed by atoms with Gasteiger partial charge in [-0.05, 0) is 47.9 Å². The van der Waals surface area contributed by atoms with Gasteiger partial charge in [0.2, 0.25) is 0 Å². The van der Waals surface area contributed by atoms with Crippen molar-refractivity contribution in [2.75, 3.05) is 71.7 Å². The van der Waals surface area contributed by atoms with Crippen LogP contribution >= 0.6 is 0 Å². The second kappa shape index (κ2) is 17.2. The van der Waals surface area contributed by atoms with Crippen LogP contribution in [-0.4, -0.2) is 100 Å². The molecule has 3 aromatic carbocycles. The van der Waals surface area contributed by atoms with Gasteiger partial charge in [0.15, 0.2) is 0 Å². The molecule has 2 aliphatic heterocycles. The molecule has 0 aromatic heterocycles. The summed E-state index contributed by atoms with van der Waals surface area (Å²) in [6, 6.07) is 21.4. The van der Waals surface area contributed by atoms with E-state index in [9.17, 15) is 15.0 Å². The van der Waals surface area contributed by atoms with Gasteiger partial charge in [-0.15, -0.1) is 0 Å². The number of β-amino-alcohol motifs (C(OH)–C–C–N with tert-alkyl or cyclic N) is 1. The molecule has 11 heteroatoms. The second-order valence-corrected chi connectivity index (χ2v) is 11.7. The van der Waals surface area contributed by atoms with E-state index in [1.807, 2.05) is 60.7 Å². The highest BCUT2D eigenvalue weighted by Gasteiger charge is 2.39. The smallest absolute Gasteiger partial charge is 0.407 e. The Balaban J connectivity index is 1.17. The molecular formula is C36H46N2O9. The molecular weight excluding hydrogens is 604 g/mol. The third-order valence-electron chi connectivity index (χ3n) is 8.53. The number of anilines is 1. The number of aliphatic hydroxyl groups is 1. The summed E-state index contributed by atoms with van der Waals surface area (Å²) in [7, 11) is 3.35. The number of carboxylic acid groups (broad SMARTS) is 1. The monoisotopic (exact) mass is 650 g/mol. The molecule has 254 valence electrons. The van der Waals surface area contributed by atoms with Gasteiger partial charge < -0.3 is 48.4 Å². The third kappa shape index (κ3) is 9.29. The van der Waals surface area contributed by atoms with E-state index in [1.165, 1.54) is 4.90 Å². The van der Waals surface area contributed by atoms with E-state index >= 15 is 0 Å². The Labute approximate surface area is 276 Å². The van der Waals surface area contributed by atoms with Crippen LogP contribution in [0.1, 0.15) is 35.4 Å². The fourth-order valence-corrected chi connectivity index (χ4v) is 6.13. The van der Waals surface area contributed by atoms with Gasteiger partial charge in [0, 0.05) is 38.2 Å². The maximum Gasteiger partial charge on any atom is 0.407 e. The van der Waals surface area contributed by atoms with Gasteiger partial charge in [0.25, 0.3) is 0 Å². The zero-order valence-corrected chi connectivity index (χ0v) is 27.2. The minimum Gasteiger partial charge on any atom is -0.496 e. The number of ether oxygens (including phenoxy) is 6. The summed E-state index contributed by atoms with van der Waals surface area (Å²) < 4.78 is 34.6. The molecule has 3 atom stereocenters. The number of aliphatic hydroxyl groups excluding tert-OH is 1. The Morgan fingerprint density at radius 1 is 0.957 bits per heavy atom. The van der Waals surface area contributed by atoms with Crippen LogP contribution < -0.4 is 19.1 Å². The van der Waals surface area contributed by atoms with E-state index in [0.29, 0.717) is 38.8 Å². The molecule has 0 aliphatic carbocycles. The summed E-state index contributed by atoms with van der Waals surface area (Å²) in [6.45, 7) is 4.92. The first-order valence-corrected chi connectivity index (χ1v) is 16.2. The first-order chi connectivity index (χ1) is 23.0. The lowest BCUT2D eigenvalue weighted by molar-refractivity contribution is -0.0660. The predicted molar refractivity (Wildman–Crippen MR) is 177 cm³/mol. The van der Waals surface area contributed by atoms with Crippen LogP contribution in [0.3, 0.4) is 0 Å². The van der Waals surface area contributed by atoms with E-state index in [0.717, 1.165) is 59.8 Å². The van der Waals surface area contributed by atoms with E-state index in [2.05, 4.69) is 11.0 Å². The number of para-hydroxylation sites is 1. The van der Waals surface area contributed by atoms with Crippen molar-refractivity contribution in [1.29, 1.82) is 0 Å². The molecule has 1 fully saturated rings. The molecule has 5 rings (SSSR count). The van der Waals surface area contributed by atoms with Crippen molar-refractivity contribution < 1.29 is 43.4 Å². The van der Waals surface area contributed by atoms with Crippen LogP contribution in [0.5, 0.6) is 17.2 Å². The average Bonchev–Trinajstić information content (AvgIpc) is 3.09. The highest BCUT2D eigenvalue weighted by Crippen LogP contribution is 2.35. The minimum atomic E-state index is -1.08. The van der Waals surface area contributed by atoms with Crippen molar-refractivity contribution in [2.24, 2.45) is 0 Å². The van der Waals surface area contributed by atoms with Gasteiger partial charge in [0.05, 0.1) is 71.1 Å². The molecule has 2 N–H and O–H groups in total. The molecule has 11 nitrogen and oxygen atoms in total. The van der Waals surface area contributed by atoms with Crippen LogP contribution in [0.15, 0.2) is 66.7 Å². The van der Waals surface area contributed by atoms with Gasteiger partial charge in [-0.3, -0.25) is 0 Å².